The summed E-state index contributed by atoms with van der Waals surface area (Å²) < 4.78 is 1.87. The molecule has 0 aliphatic heterocycles. The molecule has 0 aromatic carbocycles. The van der Waals surface area contributed by atoms with E-state index in [9.17, 15) is 4.79 Å². The van der Waals surface area contributed by atoms with Gasteiger partial charge in [-0.1, -0.05) is 13.8 Å². The van der Waals surface area contributed by atoms with E-state index in [1.54, 1.807) is 6.20 Å². The number of aromatic nitrogens is 2. The summed E-state index contributed by atoms with van der Waals surface area (Å²) in [5.41, 5.74) is 0.709. The van der Waals surface area contributed by atoms with Crippen LogP contribution in [0.3, 0.4) is 0 Å². The van der Waals surface area contributed by atoms with E-state index in [0.717, 1.165) is 19.4 Å². The lowest BCUT2D eigenvalue weighted by molar-refractivity contribution is 0.0735. The van der Waals surface area contributed by atoms with E-state index in [1.807, 2.05) is 34.6 Å². The Morgan fingerprint density at radius 3 is 2.90 bits per heavy atom. The maximum absolute atomic E-state index is 12.5. The van der Waals surface area contributed by atoms with Gasteiger partial charge in [-0.15, -0.1) is 0 Å². The molecule has 1 heterocycles. The average Bonchev–Trinajstić information content (AvgIpc) is 3.04. The van der Waals surface area contributed by atoms with Crippen molar-refractivity contribution in [1.82, 2.24) is 14.7 Å². The van der Waals surface area contributed by atoms with Crippen LogP contribution < -0.4 is 0 Å². The monoisotopic (exact) mass is 295 g/mol. The summed E-state index contributed by atoms with van der Waals surface area (Å²) in [7, 11) is 1.93. The smallest absolute Gasteiger partial charge is 0.257 e. The maximum Gasteiger partial charge on any atom is 0.257 e. The summed E-state index contributed by atoms with van der Waals surface area (Å²) in [6.07, 6.45) is 9.18. The molecule has 0 N–H and O–H groups in total. The van der Waals surface area contributed by atoms with Crippen molar-refractivity contribution in [3.05, 3.63) is 18.0 Å². The highest BCUT2D eigenvalue weighted by atomic mass is 32.2. The van der Waals surface area contributed by atoms with Crippen LogP contribution in [0.1, 0.15) is 43.5 Å². The third-order valence-electron chi connectivity index (χ3n) is 3.99. The predicted octanol–water partition coefficient (Wildman–Crippen LogP) is 2.90. The quantitative estimate of drug-likeness (QED) is 0.838. The SMILES string of the molecule is CS[C@@H]1CC[C@H](N(C)C(=O)c2cnn(CC(C)C)c2)C1. The molecule has 1 fully saturated rings. The standard InChI is InChI=1S/C15H25N3OS/c1-11(2)9-18-10-12(8-16-18)15(19)17(3)13-5-6-14(7-13)20-4/h8,10-11,13-14H,5-7,9H2,1-4H3/t13-,14+/m0/s1. The zero-order valence-corrected chi connectivity index (χ0v) is 13.7. The molecule has 20 heavy (non-hydrogen) atoms. The summed E-state index contributed by atoms with van der Waals surface area (Å²) in [6.45, 7) is 5.15. The molecule has 1 aliphatic rings. The number of amides is 1. The maximum atomic E-state index is 12.5. The van der Waals surface area contributed by atoms with Gasteiger partial charge >= 0.3 is 0 Å². The third kappa shape index (κ3) is 3.57. The molecule has 0 radical (unpaired) electrons. The first-order valence-corrected chi connectivity index (χ1v) is 8.62. The lowest BCUT2D eigenvalue weighted by Crippen LogP contribution is -2.35. The molecule has 2 atom stereocenters. The van der Waals surface area contributed by atoms with E-state index < -0.39 is 0 Å². The van der Waals surface area contributed by atoms with Gasteiger partial charge in [-0.3, -0.25) is 9.48 Å². The molecule has 2 rings (SSSR count). The van der Waals surface area contributed by atoms with Crippen LogP contribution in [-0.2, 0) is 6.54 Å². The lowest BCUT2D eigenvalue weighted by atomic mass is 10.2. The third-order valence-corrected chi connectivity index (χ3v) is 5.09. The molecular formula is C15H25N3OS. The Bertz CT molecular complexity index is 458. The molecule has 5 heteroatoms. The van der Waals surface area contributed by atoms with Crippen LogP contribution in [0.5, 0.6) is 0 Å². The van der Waals surface area contributed by atoms with Gasteiger partial charge in [0, 0.05) is 31.1 Å². The number of nitrogens with zero attached hydrogens (tertiary/aromatic N) is 3. The molecule has 0 saturated heterocycles. The van der Waals surface area contributed by atoms with Crippen molar-refractivity contribution >= 4 is 17.7 Å². The van der Waals surface area contributed by atoms with Gasteiger partial charge in [0.25, 0.3) is 5.91 Å². The Morgan fingerprint density at radius 1 is 1.55 bits per heavy atom. The minimum absolute atomic E-state index is 0.103. The molecule has 112 valence electrons. The van der Waals surface area contributed by atoms with Crippen molar-refractivity contribution in [2.75, 3.05) is 13.3 Å². The first-order valence-electron chi connectivity index (χ1n) is 7.33. The Labute approximate surface area is 125 Å². The van der Waals surface area contributed by atoms with Crippen molar-refractivity contribution in [2.24, 2.45) is 5.92 Å². The minimum Gasteiger partial charge on any atom is -0.339 e. The number of rotatable bonds is 5. The van der Waals surface area contributed by atoms with Crippen molar-refractivity contribution in [3.63, 3.8) is 0 Å². The highest BCUT2D eigenvalue weighted by Crippen LogP contribution is 2.31. The van der Waals surface area contributed by atoms with Crippen LogP contribution in [-0.4, -0.2) is 45.2 Å². The second-order valence-electron chi connectivity index (χ2n) is 6.09. The molecule has 1 aromatic rings. The lowest BCUT2D eigenvalue weighted by Gasteiger charge is -2.24. The van der Waals surface area contributed by atoms with Gasteiger partial charge in [0.1, 0.15) is 0 Å². The Balaban J connectivity index is 1.98. The van der Waals surface area contributed by atoms with E-state index in [1.165, 1.54) is 6.42 Å². The van der Waals surface area contributed by atoms with E-state index >= 15 is 0 Å². The van der Waals surface area contributed by atoms with E-state index in [2.05, 4.69) is 25.2 Å². The average molecular weight is 295 g/mol. The fourth-order valence-electron chi connectivity index (χ4n) is 2.80. The normalized spacial score (nSPS) is 22.4. The zero-order chi connectivity index (χ0) is 14.7. The second-order valence-corrected chi connectivity index (χ2v) is 7.22. The van der Waals surface area contributed by atoms with E-state index in [-0.39, 0.29) is 5.91 Å². The molecular weight excluding hydrogens is 270 g/mol. The number of hydrogen-bond donors (Lipinski definition) is 0. The van der Waals surface area contributed by atoms with Gasteiger partial charge in [0.15, 0.2) is 0 Å². The molecule has 1 amide bonds. The first kappa shape index (κ1) is 15.4. The number of carbonyl (C=O) groups excluding carboxylic acids is 1. The summed E-state index contributed by atoms with van der Waals surface area (Å²) >= 11 is 1.92. The fourth-order valence-corrected chi connectivity index (χ4v) is 3.59. The van der Waals surface area contributed by atoms with Crippen LogP contribution in [0, 0.1) is 5.92 Å². The number of carbonyl (C=O) groups is 1. The summed E-state index contributed by atoms with van der Waals surface area (Å²) in [5.74, 6) is 0.638. The van der Waals surface area contributed by atoms with Crippen molar-refractivity contribution in [1.29, 1.82) is 0 Å². The molecule has 0 unspecified atom stereocenters. The van der Waals surface area contributed by atoms with Gasteiger partial charge in [-0.2, -0.15) is 16.9 Å². The molecule has 0 bridgehead atoms. The van der Waals surface area contributed by atoms with Gasteiger partial charge in [0.2, 0.25) is 0 Å². The van der Waals surface area contributed by atoms with Gasteiger partial charge < -0.3 is 4.90 Å². The molecule has 4 nitrogen and oxygen atoms in total. The molecule has 1 saturated carbocycles. The Hall–Kier alpha value is -0.970. The van der Waals surface area contributed by atoms with Crippen LogP contribution in [0.15, 0.2) is 12.4 Å². The van der Waals surface area contributed by atoms with Gasteiger partial charge in [-0.25, -0.2) is 0 Å². The molecule has 0 spiro atoms. The van der Waals surface area contributed by atoms with Crippen molar-refractivity contribution in [3.8, 4) is 0 Å². The van der Waals surface area contributed by atoms with Crippen LogP contribution in [0.4, 0.5) is 0 Å². The summed E-state index contributed by atoms with van der Waals surface area (Å²) in [4.78, 5) is 14.4. The van der Waals surface area contributed by atoms with Crippen LogP contribution in [0.2, 0.25) is 0 Å². The minimum atomic E-state index is 0.103. The topological polar surface area (TPSA) is 38.1 Å². The largest absolute Gasteiger partial charge is 0.339 e. The van der Waals surface area contributed by atoms with E-state index in [0.29, 0.717) is 22.8 Å². The van der Waals surface area contributed by atoms with E-state index in [4.69, 9.17) is 0 Å². The molecule has 1 aromatic heterocycles. The van der Waals surface area contributed by atoms with Crippen LogP contribution in [0.25, 0.3) is 0 Å². The number of hydrogen-bond acceptors (Lipinski definition) is 3. The Kier molecular flexibility index (Phi) is 5.13. The Morgan fingerprint density at radius 2 is 2.30 bits per heavy atom. The fraction of sp³-hybridized carbons (Fsp3) is 0.733. The first-order chi connectivity index (χ1) is 9.51. The summed E-state index contributed by atoms with van der Waals surface area (Å²) in [5, 5.41) is 4.99. The number of thioether (sulfide) groups is 1. The highest BCUT2D eigenvalue weighted by Gasteiger charge is 2.30. The van der Waals surface area contributed by atoms with Crippen molar-refractivity contribution in [2.45, 2.75) is 50.9 Å². The zero-order valence-electron chi connectivity index (χ0n) is 12.9. The van der Waals surface area contributed by atoms with Gasteiger partial charge in [0.05, 0.1) is 11.8 Å². The molecule has 1 aliphatic carbocycles. The van der Waals surface area contributed by atoms with Crippen molar-refractivity contribution < 1.29 is 4.79 Å². The summed E-state index contributed by atoms with van der Waals surface area (Å²) in [6, 6.07) is 0.383. The highest BCUT2D eigenvalue weighted by molar-refractivity contribution is 7.99. The van der Waals surface area contributed by atoms with Gasteiger partial charge in [-0.05, 0) is 31.4 Å². The van der Waals surface area contributed by atoms with Crippen LogP contribution >= 0.6 is 11.8 Å². The second kappa shape index (κ2) is 6.66. The predicted molar refractivity (Wildman–Crippen MR) is 84.1 cm³/mol.